The molecule has 3 nitrogen and oxygen atoms in total. The van der Waals surface area contributed by atoms with Crippen LogP contribution in [0.2, 0.25) is 0 Å². The van der Waals surface area contributed by atoms with Gasteiger partial charge < -0.3 is 10.1 Å². The highest BCUT2D eigenvalue weighted by molar-refractivity contribution is 5.01. The summed E-state index contributed by atoms with van der Waals surface area (Å²) in [6.45, 7) is 12.2. The normalized spacial score (nSPS) is 27.5. The Morgan fingerprint density at radius 2 is 2.05 bits per heavy atom. The third-order valence-corrected chi connectivity index (χ3v) is 4.93. The zero-order chi connectivity index (χ0) is 13.7. The van der Waals surface area contributed by atoms with Gasteiger partial charge in [0.1, 0.15) is 0 Å². The minimum absolute atomic E-state index is 0.441. The van der Waals surface area contributed by atoms with Crippen LogP contribution >= 0.6 is 0 Å². The molecule has 0 bridgehead atoms. The lowest BCUT2D eigenvalue weighted by Gasteiger charge is -2.48. The molecule has 2 fully saturated rings. The monoisotopic (exact) mass is 268 g/mol. The topological polar surface area (TPSA) is 24.5 Å². The molecule has 0 aromatic carbocycles. The Kier molecular flexibility index (Phi) is 5.67. The van der Waals surface area contributed by atoms with Crippen molar-refractivity contribution in [2.45, 2.75) is 64.5 Å². The highest BCUT2D eigenvalue weighted by atomic mass is 16.5. The van der Waals surface area contributed by atoms with E-state index in [1.54, 1.807) is 0 Å². The fraction of sp³-hybridized carbons (Fsp3) is 1.00. The van der Waals surface area contributed by atoms with Crippen LogP contribution in [0.5, 0.6) is 0 Å². The Balaban J connectivity index is 1.88. The van der Waals surface area contributed by atoms with E-state index in [1.165, 1.54) is 51.7 Å². The molecular weight excluding hydrogens is 236 g/mol. The first-order chi connectivity index (χ1) is 9.17. The maximum Gasteiger partial charge on any atom is 0.0478 e. The van der Waals surface area contributed by atoms with Crippen molar-refractivity contribution in [1.82, 2.24) is 10.2 Å². The van der Waals surface area contributed by atoms with Gasteiger partial charge in [-0.1, -0.05) is 26.7 Å². The number of hydrogen-bond acceptors (Lipinski definition) is 3. The van der Waals surface area contributed by atoms with Crippen molar-refractivity contribution in [2.75, 3.05) is 32.8 Å². The van der Waals surface area contributed by atoms with Gasteiger partial charge in [0, 0.05) is 44.4 Å². The van der Waals surface area contributed by atoms with E-state index in [9.17, 15) is 0 Å². The molecule has 1 unspecified atom stereocenters. The molecule has 1 N–H and O–H groups in total. The Morgan fingerprint density at radius 3 is 2.68 bits per heavy atom. The van der Waals surface area contributed by atoms with Crippen LogP contribution in [0.4, 0.5) is 0 Å². The summed E-state index contributed by atoms with van der Waals surface area (Å²) in [5.41, 5.74) is 0.441. The molecule has 112 valence electrons. The lowest BCUT2D eigenvalue weighted by Crippen LogP contribution is -2.64. The summed E-state index contributed by atoms with van der Waals surface area (Å²) >= 11 is 0. The van der Waals surface area contributed by atoms with Crippen molar-refractivity contribution in [3.8, 4) is 0 Å². The predicted octanol–water partition coefficient (Wildman–Crippen LogP) is 2.66. The molecule has 1 atom stereocenters. The molecule has 0 aromatic rings. The SMILES string of the molecule is CCOCCCN1CC2(CCCC2)NCC1C(C)C. The summed E-state index contributed by atoms with van der Waals surface area (Å²) in [5.74, 6) is 0.735. The molecule has 3 heteroatoms. The first-order valence-electron chi connectivity index (χ1n) is 8.24. The van der Waals surface area contributed by atoms with E-state index in [0.29, 0.717) is 11.6 Å². The van der Waals surface area contributed by atoms with Crippen molar-refractivity contribution in [3.63, 3.8) is 0 Å². The minimum atomic E-state index is 0.441. The van der Waals surface area contributed by atoms with Crippen molar-refractivity contribution in [2.24, 2.45) is 5.92 Å². The van der Waals surface area contributed by atoms with Crippen LogP contribution in [0, 0.1) is 5.92 Å². The van der Waals surface area contributed by atoms with Crippen LogP contribution in [0.15, 0.2) is 0 Å². The second kappa shape index (κ2) is 7.05. The maximum atomic E-state index is 5.49. The zero-order valence-electron chi connectivity index (χ0n) is 13.1. The van der Waals surface area contributed by atoms with Crippen LogP contribution in [0.25, 0.3) is 0 Å². The smallest absolute Gasteiger partial charge is 0.0478 e. The highest BCUT2D eigenvalue weighted by Crippen LogP contribution is 2.34. The van der Waals surface area contributed by atoms with Gasteiger partial charge in [0.2, 0.25) is 0 Å². The van der Waals surface area contributed by atoms with Gasteiger partial charge in [-0.25, -0.2) is 0 Å². The van der Waals surface area contributed by atoms with Gasteiger partial charge in [-0.3, -0.25) is 4.90 Å². The second-order valence-corrected chi connectivity index (χ2v) is 6.70. The van der Waals surface area contributed by atoms with Gasteiger partial charge in [-0.15, -0.1) is 0 Å². The van der Waals surface area contributed by atoms with E-state index in [-0.39, 0.29) is 0 Å². The number of nitrogens with one attached hydrogen (secondary N) is 1. The van der Waals surface area contributed by atoms with Crippen LogP contribution in [-0.2, 0) is 4.74 Å². The van der Waals surface area contributed by atoms with Crippen LogP contribution < -0.4 is 5.32 Å². The first kappa shape index (κ1) is 15.3. The Morgan fingerprint density at radius 1 is 1.32 bits per heavy atom. The summed E-state index contributed by atoms with van der Waals surface area (Å²) in [6, 6.07) is 0.702. The molecule has 1 spiro atoms. The van der Waals surface area contributed by atoms with Crippen LogP contribution in [0.3, 0.4) is 0 Å². The fourth-order valence-corrected chi connectivity index (χ4v) is 3.82. The first-order valence-corrected chi connectivity index (χ1v) is 8.24. The van der Waals surface area contributed by atoms with E-state index in [2.05, 4.69) is 31.0 Å². The molecule has 0 radical (unpaired) electrons. The molecule has 2 rings (SSSR count). The molecule has 2 aliphatic rings. The molecule has 1 saturated carbocycles. The largest absolute Gasteiger partial charge is 0.382 e. The van der Waals surface area contributed by atoms with E-state index < -0.39 is 0 Å². The number of ether oxygens (including phenoxy) is 1. The van der Waals surface area contributed by atoms with Gasteiger partial charge >= 0.3 is 0 Å². The standard InChI is InChI=1S/C16H32N2O/c1-4-19-11-7-10-18-13-16(8-5-6-9-16)17-12-15(18)14(2)3/h14-15,17H,4-13H2,1-3H3. The van der Waals surface area contributed by atoms with E-state index >= 15 is 0 Å². The number of hydrogen-bond donors (Lipinski definition) is 1. The number of piperazine rings is 1. The predicted molar refractivity (Wildman–Crippen MR) is 80.5 cm³/mol. The minimum Gasteiger partial charge on any atom is -0.382 e. The Labute approximate surface area is 119 Å². The summed E-state index contributed by atoms with van der Waals surface area (Å²) < 4.78 is 5.49. The fourth-order valence-electron chi connectivity index (χ4n) is 3.82. The zero-order valence-corrected chi connectivity index (χ0v) is 13.1. The molecule has 1 heterocycles. The molecule has 1 aliphatic carbocycles. The Hall–Kier alpha value is -0.120. The third-order valence-electron chi connectivity index (χ3n) is 4.93. The second-order valence-electron chi connectivity index (χ2n) is 6.70. The number of rotatable bonds is 6. The molecule has 0 amide bonds. The van der Waals surface area contributed by atoms with E-state index in [0.717, 1.165) is 19.1 Å². The van der Waals surface area contributed by atoms with Gasteiger partial charge in [0.25, 0.3) is 0 Å². The van der Waals surface area contributed by atoms with Crippen LogP contribution in [0.1, 0.15) is 52.9 Å². The summed E-state index contributed by atoms with van der Waals surface area (Å²) in [4.78, 5) is 2.74. The quantitative estimate of drug-likeness (QED) is 0.750. The van der Waals surface area contributed by atoms with Crippen molar-refractivity contribution in [1.29, 1.82) is 0 Å². The molecular formula is C16H32N2O. The lowest BCUT2D eigenvalue weighted by molar-refractivity contribution is 0.0461. The third kappa shape index (κ3) is 3.93. The average molecular weight is 268 g/mol. The van der Waals surface area contributed by atoms with E-state index in [1.807, 2.05) is 0 Å². The summed E-state index contributed by atoms with van der Waals surface area (Å²) in [7, 11) is 0. The van der Waals surface area contributed by atoms with Gasteiger partial charge in [0.05, 0.1) is 0 Å². The lowest BCUT2D eigenvalue weighted by atomic mass is 9.89. The van der Waals surface area contributed by atoms with Crippen molar-refractivity contribution in [3.05, 3.63) is 0 Å². The molecule has 19 heavy (non-hydrogen) atoms. The van der Waals surface area contributed by atoms with Crippen LogP contribution in [-0.4, -0.2) is 49.3 Å². The van der Waals surface area contributed by atoms with Crippen molar-refractivity contribution >= 4 is 0 Å². The molecule has 1 saturated heterocycles. The Bertz CT molecular complexity index is 261. The maximum absolute atomic E-state index is 5.49. The molecule has 0 aromatic heterocycles. The number of nitrogens with zero attached hydrogens (tertiary/aromatic N) is 1. The van der Waals surface area contributed by atoms with E-state index in [4.69, 9.17) is 4.74 Å². The average Bonchev–Trinajstić information content (AvgIpc) is 2.83. The van der Waals surface area contributed by atoms with Gasteiger partial charge in [-0.05, 0) is 32.1 Å². The summed E-state index contributed by atoms with van der Waals surface area (Å²) in [5, 5.41) is 3.88. The van der Waals surface area contributed by atoms with Gasteiger partial charge in [-0.2, -0.15) is 0 Å². The summed E-state index contributed by atoms with van der Waals surface area (Å²) in [6.07, 6.45) is 6.74. The van der Waals surface area contributed by atoms with Gasteiger partial charge in [0.15, 0.2) is 0 Å². The molecule has 1 aliphatic heterocycles. The van der Waals surface area contributed by atoms with Crippen molar-refractivity contribution < 1.29 is 4.74 Å². The highest BCUT2D eigenvalue weighted by Gasteiger charge is 2.41.